The fourth-order valence-corrected chi connectivity index (χ4v) is 4.20. The molecular weight excluding hydrogens is 368 g/mol. The van der Waals surface area contributed by atoms with Gasteiger partial charge in [-0.3, -0.25) is 9.69 Å². The molecule has 3 heterocycles. The van der Waals surface area contributed by atoms with E-state index < -0.39 is 0 Å². The molecule has 3 aromatic rings. The van der Waals surface area contributed by atoms with Crippen LogP contribution in [0.4, 0.5) is 10.5 Å². The molecule has 0 bridgehead atoms. The number of fused-ring (bicyclic) bond motifs is 1. The van der Waals surface area contributed by atoms with E-state index >= 15 is 0 Å². The number of aryl methyl sites for hydroxylation is 1. The Morgan fingerprint density at radius 1 is 1.21 bits per heavy atom. The smallest absolute Gasteiger partial charge is 0.414 e. The minimum Gasteiger partial charge on any atom is -0.447 e. The van der Waals surface area contributed by atoms with Crippen LogP contribution in [0.25, 0.3) is 11.0 Å². The highest BCUT2D eigenvalue weighted by atomic mass is 16.6. The van der Waals surface area contributed by atoms with Crippen LogP contribution in [0.15, 0.2) is 42.5 Å². The molecule has 2 fully saturated rings. The van der Waals surface area contributed by atoms with Gasteiger partial charge in [-0.05, 0) is 55.7 Å². The quantitative estimate of drug-likeness (QED) is 0.738. The number of carbonyl (C=O) groups is 2. The molecule has 0 radical (unpaired) electrons. The molecule has 0 spiro atoms. The Hall–Kier alpha value is -3.35. The van der Waals surface area contributed by atoms with E-state index in [9.17, 15) is 9.59 Å². The molecule has 1 aromatic heterocycles. The molecule has 2 aliphatic heterocycles. The van der Waals surface area contributed by atoms with Crippen molar-refractivity contribution in [1.82, 2.24) is 14.9 Å². The molecule has 5 rings (SSSR count). The topological polar surface area (TPSA) is 78.5 Å². The van der Waals surface area contributed by atoms with Crippen LogP contribution in [0.3, 0.4) is 0 Å². The van der Waals surface area contributed by atoms with Crippen LogP contribution in [0.5, 0.6) is 0 Å². The minimum absolute atomic E-state index is 0.0430. The van der Waals surface area contributed by atoms with Crippen molar-refractivity contribution in [3.8, 4) is 0 Å². The maximum absolute atomic E-state index is 13.3. The Bertz CT molecular complexity index is 1110. The van der Waals surface area contributed by atoms with Gasteiger partial charge in [0.15, 0.2) is 0 Å². The average Bonchev–Trinajstić information content (AvgIpc) is 3.45. The lowest BCUT2D eigenvalue weighted by Gasteiger charge is -2.24. The number of cyclic esters (lactones) is 1. The third-order valence-electron chi connectivity index (χ3n) is 5.65. The number of likely N-dealkylation sites (tertiary alicyclic amines) is 1. The molecule has 1 N–H and O–H groups in total. The first-order chi connectivity index (χ1) is 14.1. The number of benzene rings is 2. The van der Waals surface area contributed by atoms with E-state index in [1.54, 1.807) is 17.0 Å². The number of aromatic nitrogens is 2. The molecule has 1 atom stereocenters. The summed E-state index contributed by atoms with van der Waals surface area (Å²) in [6.07, 6.45) is 1.44. The average molecular weight is 390 g/mol. The van der Waals surface area contributed by atoms with E-state index in [2.05, 4.69) is 18.0 Å². The summed E-state index contributed by atoms with van der Waals surface area (Å²) in [5, 5.41) is 0. The van der Waals surface area contributed by atoms with Gasteiger partial charge < -0.3 is 14.6 Å². The third kappa shape index (κ3) is 3.12. The highest BCUT2D eigenvalue weighted by Gasteiger charge is 2.33. The number of ether oxygens (including phenoxy) is 1. The van der Waals surface area contributed by atoms with Gasteiger partial charge in [0.05, 0.1) is 23.6 Å². The van der Waals surface area contributed by atoms with E-state index in [0.29, 0.717) is 30.9 Å². The molecule has 7 heteroatoms. The lowest BCUT2D eigenvalue weighted by Crippen LogP contribution is -2.31. The highest BCUT2D eigenvalue weighted by molar-refractivity contribution is 5.97. The Morgan fingerprint density at radius 2 is 2.10 bits per heavy atom. The monoisotopic (exact) mass is 390 g/mol. The zero-order valence-electron chi connectivity index (χ0n) is 16.2. The van der Waals surface area contributed by atoms with E-state index in [4.69, 9.17) is 9.72 Å². The van der Waals surface area contributed by atoms with Gasteiger partial charge in [-0.25, -0.2) is 9.78 Å². The molecule has 2 amide bonds. The molecule has 2 saturated heterocycles. The van der Waals surface area contributed by atoms with Crippen molar-refractivity contribution < 1.29 is 14.3 Å². The number of carbonyl (C=O) groups excluding carboxylic acids is 2. The van der Waals surface area contributed by atoms with Gasteiger partial charge in [-0.2, -0.15) is 0 Å². The van der Waals surface area contributed by atoms with Crippen molar-refractivity contribution in [3.63, 3.8) is 0 Å². The number of nitrogens with one attached hydrogen (secondary N) is 1. The zero-order valence-corrected chi connectivity index (χ0v) is 16.2. The lowest BCUT2D eigenvalue weighted by molar-refractivity contribution is 0.0730. The predicted octanol–water partition coefficient (Wildman–Crippen LogP) is 3.81. The first kappa shape index (κ1) is 17.7. The second kappa shape index (κ2) is 6.92. The van der Waals surface area contributed by atoms with Gasteiger partial charge in [0.25, 0.3) is 5.91 Å². The Morgan fingerprint density at radius 3 is 2.93 bits per heavy atom. The van der Waals surface area contributed by atoms with Crippen LogP contribution in [0.1, 0.15) is 40.6 Å². The third-order valence-corrected chi connectivity index (χ3v) is 5.65. The lowest BCUT2D eigenvalue weighted by atomic mass is 10.1. The van der Waals surface area contributed by atoms with Gasteiger partial charge in [0.2, 0.25) is 0 Å². The number of nitrogens with zero attached hydrogens (tertiary/aromatic N) is 3. The number of H-pyrrole nitrogens is 1. The minimum atomic E-state index is -0.369. The Balaban J connectivity index is 1.43. The predicted molar refractivity (Wildman–Crippen MR) is 109 cm³/mol. The van der Waals surface area contributed by atoms with Crippen LogP contribution >= 0.6 is 0 Å². The molecule has 0 aliphatic carbocycles. The maximum atomic E-state index is 13.3. The number of hydrogen-bond acceptors (Lipinski definition) is 4. The Kier molecular flexibility index (Phi) is 4.23. The van der Waals surface area contributed by atoms with Crippen LogP contribution < -0.4 is 4.90 Å². The van der Waals surface area contributed by atoms with Crippen LogP contribution in [-0.2, 0) is 4.74 Å². The van der Waals surface area contributed by atoms with Crippen LogP contribution in [0.2, 0.25) is 0 Å². The molecule has 2 aliphatic rings. The molecule has 2 aromatic carbocycles. The van der Waals surface area contributed by atoms with Gasteiger partial charge in [0, 0.05) is 17.8 Å². The van der Waals surface area contributed by atoms with Crippen LogP contribution in [-0.4, -0.2) is 46.6 Å². The summed E-state index contributed by atoms with van der Waals surface area (Å²) in [7, 11) is 0. The fourth-order valence-electron chi connectivity index (χ4n) is 4.20. The number of amides is 2. The van der Waals surface area contributed by atoms with Crippen molar-refractivity contribution in [2.75, 3.05) is 24.6 Å². The number of imidazole rings is 1. The first-order valence-corrected chi connectivity index (χ1v) is 9.92. The summed E-state index contributed by atoms with van der Waals surface area (Å²) in [5.74, 6) is 0.786. The molecule has 29 heavy (non-hydrogen) atoms. The van der Waals surface area contributed by atoms with E-state index in [-0.39, 0.29) is 18.0 Å². The Labute approximate surface area is 168 Å². The number of aromatic amines is 1. The summed E-state index contributed by atoms with van der Waals surface area (Å²) in [6.45, 7) is 3.61. The normalized spacial score (nSPS) is 19.2. The molecule has 1 unspecified atom stereocenters. The van der Waals surface area contributed by atoms with Gasteiger partial charge >= 0.3 is 6.09 Å². The zero-order chi connectivity index (χ0) is 20.0. The van der Waals surface area contributed by atoms with E-state index in [0.717, 1.165) is 29.7 Å². The van der Waals surface area contributed by atoms with Crippen molar-refractivity contribution in [3.05, 3.63) is 59.4 Å². The van der Waals surface area contributed by atoms with E-state index in [1.807, 2.05) is 29.2 Å². The van der Waals surface area contributed by atoms with Crippen molar-refractivity contribution >= 4 is 28.7 Å². The van der Waals surface area contributed by atoms with E-state index in [1.165, 1.54) is 5.56 Å². The summed E-state index contributed by atoms with van der Waals surface area (Å²) in [6, 6.07) is 13.2. The largest absolute Gasteiger partial charge is 0.447 e. The second-order valence-corrected chi connectivity index (χ2v) is 7.62. The van der Waals surface area contributed by atoms with Gasteiger partial charge in [0.1, 0.15) is 12.4 Å². The van der Waals surface area contributed by atoms with Gasteiger partial charge in [-0.1, -0.05) is 12.1 Å². The maximum Gasteiger partial charge on any atom is 0.414 e. The number of anilines is 1. The highest BCUT2D eigenvalue weighted by Crippen LogP contribution is 2.33. The van der Waals surface area contributed by atoms with Crippen molar-refractivity contribution in [2.24, 2.45) is 0 Å². The number of rotatable bonds is 3. The summed E-state index contributed by atoms with van der Waals surface area (Å²) in [5.41, 5.74) is 4.34. The van der Waals surface area contributed by atoms with Crippen molar-refractivity contribution in [2.45, 2.75) is 25.8 Å². The SMILES string of the molecule is Cc1ccc2nc(C3CCCN3C(=O)c3cccc(N4CCOC4=O)c3)[nH]c2c1. The molecular formula is C22H22N4O3. The first-order valence-electron chi connectivity index (χ1n) is 9.92. The summed E-state index contributed by atoms with van der Waals surface area (Å²) < 4.78 is 5.01. The molecule has 0 saturated carbocycles. The summed E-state index contributed by atoms with van der Waals surface area (Å²) in [4.78, 5) is 36.7. The van der Waals surface area contributed by atoms with Crippen LogP contribution in [0, 0.1) is 6.92 Å². The number of hydrogen-bond donors (Lipinski definition) is 1. The fraction of sp³-hybridized carbons (Fsp3) is 0.318. The molecule has 7 nitrogen and oxygen atoms in total. The molecule has 148 valence electrons. The summed E-state index contributed by atoms with van der Waals surface area (Å²) >= 11 is 0. The second-order valence-electron chi connectivity index (χ2n) is 7.62. The van der Waals surface area contributed by atoms with Crippen molar-refractivity contribution in [1.29, 1.82) is 0 Å². The van der Waals surface area contributed by atoms with Gasteiger partial charge in [-0.15, -0.1) is 0 Å². The standard InChI is InChI=1S/C22H22N4O3/c1-14-7-8-17-18(12-14)24-20(23-17)19-6-3-9-26(19)21(27)15-4-2-5-16(13-15)25-10-11-29-22(25)28/h2,4-5,7-8,12-13,19H,3,6,9-11H2,1H3,(H,23,24).